The van der Waals surface area contributed by atoms with Gasteiger partial charge in [0.05, 0.1) is 18.8 Å². The van der Waals surface area contributed by atoms with Gasteiger partial charge < -0.3 is 9.47 Å². The van der Waals surface area contributed by atoms with Crippen molar-refractivity contribution in [2.24, 2.45) is 0 Å². The Morgan fingerprint density at radius 3 is 2.24 bits per heavy atom. The summed E-state index contributed by atoms with van der Waals surface area (Å²) in [5.74, 6) is 0.325. The third-order valence-corrected chi connectivity index (χ3v) is 1.99. The highest BCUT2D eigenvalue weighted by atomic mass is 19.4. The average molecular weight is 255 g/mol. The molecule has 0 N–H and O–H groups in total. The van der Waals surface area contributed by atoms with Crippen LogP contribution in [0.15, 0.2) is 11.3 Å². The minimum atomic E-state index is -4.42. The van der Waals surface area contributed by atoms with Crippen molar-refractivity contribution in [1.29, 1.82) is 0 Å². The van der Waals surface area contributed by atoms with Gasteiger partial charge in [0, 0.05) is 13.5 Å². The molecular weight excluding hydrogens is 237 g/mol. The van der Waals surface area contributed by atoms with Crippen LogP contribution in [0.25, 0.3) is 0 Å². The van der Waals surface area contributed by atoms with Gasteiger partial charge >= 0.3 is 6.18 Å². The number of allylic oxidation sites excluding steroid dienone is 1. The van der Waals surface area contributed by atoms with Crippen LogP contribution in [0, 0.1) is 0 Å². The van der Waals surface area contributed by atoms with E-state index < -0.39 is 18.7 Å². The molecule has 0 amide bonds. The maximum Gasteiger partial charge on any atom is 0.391 e. The van der Waals surface area contributed by atoms with Crippen molar-refractivity contribution >= 4 is 0 Å². The molecule has 0 spiro atoms. The zero-order valence-corrected chi connectivity index (χ0v) is 10.3. The van der Waals surface area contributed by atoms with E-state index in [-0.39, 0.29) is 13.0 Å². The molecular formula is C11H18F3O3. The minimum Gasteiger partial charge on any atom is -0.496 e. The first-order valence-electron chi connectivity index (χ1n) is 5.27. The fourth-order valence-corrected chi connectivity index (χ4v) is 1.19. The Hall–Kier alpha value is -0.750. The molecule has 0 bridgehead atoms. The van der Waals surface area contributed by atoms with Crippen LogP contribution in [0.3, 0.4) is 0 Å². The molecule has 0 saturated carbocycles. The van der Waals surface area contributed by atoms with Gasteiger partial charge in [0.25, 0.3) is 0 Å². The second kappa shape index (κ2) is 7.55. The zero-order valence-electron chi connectivity index (χ0n) is 10.3. The Labute approximate surface area is 99.2 Å². The molecule has 3 nitrogen and oxygen atoms in total. The van der Waals surface area contributed by atoms with Crippen molar-refractivity contribution in [3.05, 3.63) is 11.3 Å². The lowest BCUT2D eigenvalue weighted by atomic mass is 10.1. The second-order valence-corrected chi connectivity index (χ2v) is 3.91. The van der Waals surface area contributed by atoms with Gasteiger partial charge in [-0.2, -0.15) is 13.2 Å². The maximum atomic E-state index is 12.0. The van der Waals surface area contributed by atoms with E-state index in [9.17, 15) is 18.3 Å². The Morgan fingerprint density at radius 2 is 1.82 bits per heavy atom. The summed E-state index contributed by atoms with van der Waals surface area (Å²) in [5, 5.41) is 11.2. The van der Waals surface area contributed by atoms with Crippen LogP contribution in [0.1, 0.15) is 26.7 Å². The number of ether oxygens (including phenoxy) is 2. The molecule has 1 radical (unpaired) electrons. The molecule has 0 heterocycles. The van der Waals surface area contributed by atoms with E-state index in [0.29, 0.717) is 17.9 Å². The van der Waals surface area contributed by atoms with Crippen molar-refractivity contribution in [2.75, 3.05) is 20.3 Å². The normalized spacial score (nSPS) is 13.4. The topological polar surface area (TPSA) is 38.4 Å². The second-order valence-electron chi connectivity index (χ2n) is 3.91. The number of methoxy groups -OCH3 is 1. The number of hydrogen-bond acceptors (Lipinski definition) is 2. The lowest BCUT2D eigenvalue weighted by Crippen LogP contribution is -2.19. The van der Waals surface area contributed by atoms with Gasteiger partial charge in [-0.15, -0.1) is 0 Å². The molecule has 0 aliphatic rings. The van der Waals surface area contributed by atoms with Crippen molar-refractivity contribution in [3.8, 4) is 0 Å². The molecule has 17 heavy (non-hydrogen) atoms. The number of hydrogen-bond donors (Lipinski definition) is 0. The summed E-state index contributed by atoms with van der Waals surface area (Å²) >= 11 is 0. The molecule has 0 fully saturated rings. The first kappa shape index (κ1) is 16.2. The summed E-state index contributed by atoms with van der Waals surface area (Å²) < 4.78 is 45.9. The van der Waals surface area contributed by atoms with Gasteiger partial charge in [0.1, 0.15) is 12.7 Å². The summed E-state index contributed by atoms with van der Waals surface area (Å²) in [6.07, 6.45) is -7.73. The third kappa shape index (κ3) is 9.00. The van der Waals surface area contributed by atoms with Crippen molar-refractivity contribution in [3.63, 3.8) is 0 Å². The van der Waals surface area contributed by atoms with Gasteiger partial charge in [0.15, 0.2) is 0 Å². The largest absolute Gasteiger partial charge is 0.496 e. The predicted molar refractivity (Wildman–Crippen MR) is 56.0 cm³/mol. The molecule has 1 atom stereocenters. The molecule has 0 aliphatic carbocycles. The van der Waals surface area contributed by atoms with Crippen LogP contribution in [0.5, 0.6) is 0 Å². The molecule has 0 saturated heterocycles. The minimum absolute atomic E-state index is 0.232. The Kier molecular flexibility index (Phi) is 7.22. The molecule has 0 aromatic carbocycles. The Bertz CT molecular complexity index is 245. The summed E-state index contributed by atoms with van der Waals surface area (Å²) in [6, 6.07) is 0. The summed E-state index contributed by atoms with van der Waals surface area (Å²) in [4.78, 5) is 0. The summed E-state index contributed by atoms with van der Waals surface area (Å²) in [6.45, 7) is 3.96. The molecule has 0 aliphatic heterocycles. The molecule has 1 unspecified atom stereocenters. The molecule has 0 aromatic heterocycles. The Balaban J connectivity index is 4.23. The van der Waals surface area contributed by atoms with Gasteiger partial charge in [-0.3, -0.25) is 0 Å². The highest BCUT2D eigenvalue weighted by Gasteiger charge is 2.32. The van der Waals surface area contributed by atoms with Crippen LogP contribution in [-0.4, -0.2) is 32.6 Å². The fraction of sp³-hybridized carbons (Fsp3) is 0.818. The van der Waals surface area contributed by atoms with Crippen LogP contribution in [0.4, 0.5) is 13.2 Å². The SMILES string of the molecule is COCCOC(CC([O])CC(F)(F)F)=C(C)C. The third-order valence-electron chi connectivity index (χ3n) is 1.99. The highest BCUT2D eigenvalue weighted by molar-refractivity contribution is 5.04. The standard InChI is InChI=1S/C11H18F3O3/c1-8(2)10(17-5-4-16-3)6-9(15)7-11(12,13)14/h9H,4-7H2,1-3H3. The number of halogens is 3. The van der Waals surface area contributed by atoms with Crippen LogP contribution >= 0.6 is 0 Å². The molecule has 101 valence electrons. The van der Waals surface area contributed by atoms with E-state index in [1.807, 2.05) is 0 Å². The lowest BCUT2D eigenvalue weighted by molar-refractivity contribution is -0.161. The van der Waals surface area contributed by atoms with Gasteiger partial charge in [-0.05, 0) is 19.4 Å². The van der Waals surface area contributed by atoms with Gasteiger partial charge in [0.2, 0.25) is 0 Å². The van der Waals surface area contributed by atoms with Crippen LogP contribution < -0.4 is 0 Å². The molecule has 0 aromatic rings. The van der Waals surface area contributed by atoms with E-state index in [2.05, 4.69) is 0 Å². The first-order valence-corrected chi connectivity index (χ1v) is 5.27. The van der Waals surface area contributed by atoms with E-state index in [1.165, 1.54) is 7.11 Å². The van der Waals surface area contributed by atoms with Crippen LogP contribution in [-0.2, 0) is 14.6 Å². The molecule has 6 heteroatoms. The molecule has 0 rings (SSSR count). The van der Waals surface area contributed by atoms with Crippen LogP contribution in [0.2, 0.25) is 0 Å². The van der Waals surface area contributed by atoms with Gasteiger partial charge in [-0.1, -0.05) is 0 Å². The van der Waals surface area contributed by atoms with Crippen molar-refractivity contribution < 1.29 is 27.8 Å². The van der Waals surface area contributed by atoms with E-state index >= 15 is 0 Å². The van der Waals surface area contributed by atoms with Crippen molar-refractivity contribution in [2.45, 2.75) is 39.0 Å². The maximum absolute atomic E-state index is 12.0. The Morgan fingerprint density at radius 1 is 1.24 bits per heavy atom. The van der Waals surface area contributed by atoms with E-state index in [0.717, 1.165) is 0 Å². The highest BCUT2D eigenvalue weighted by Crippen LogP contribution is 2.25. The average Bonchev–Trinajstić information content (AvgIpc) is 2.13. The van der Waals surface area contributed by atoms with Gasteiger partial charge in [-0.25, -0.2) is 5.11 Å². The zero-order chi connectivity index (χ0) is 13.5. The van der Waals surface area contributed by atoms with Crippen molar-refractivity contribution in [1.82, 2.24) is 0 Å². The first-order chi connectivity index (χ1) is 7.76. The quantitative estimate of drug-likeness (QED) is 0.518. The smallest absolute Gasteiger partial charge is 0.391 e. The predicted octanol–water partition coefficient (Wildman–Crippen LogP) is 3.08. The van der Waals surface area contributed by atoms with E-state index in [1.54, 1.807) is 13.8 Å². The summed E-state index contributed by atoms with van der Waals surface area (Å²) in [5.41, 5.74) is 0.712. The lowest BCUT2D eigenvalue weighted by Gasteiger charge is -2.16. The number of rotatable bonds is 7. The van der Waals surface area contributed by atoms with E-state index in [4.69, 9.17) is 9.47 Å². The fourth-order valence-electron chi connectivity index (χ4n) is 1.19. The summed E-state index contributed by atoms with van der Waals surface area (Å²) in [7, 11) is 1.49. The number of alkyl halides is 3. The monoisotopic (exact) mass is 255 g/mol.